The molecule has 0 radical (unpaired) electrons. The van der Waals surface area contributed by atoms with Gasteiger partial charge in [-0.05, 0) is 66.2 Å². The lowest BCUT2D eigenvalue weighted by atomic mass is 10.0. The number of amides is 1. The van der Waals surface area contributed by atoms with Gasteiger partial charge in [-0.1, -0.05) is 11.6 Å². The molecule has 0 spiro atoms. The number of benzene rings is 2. The van der Waals surface area contributed by atoms with Gasteiger partial charge in [-0.2, -0.15) is 5.10 Å². The molecule has 1 fully saturated rings. The normalized spacial score (nSPS) is 14.3. The maximum atomic E-state index is 11.7. The van der Waals surface area contributed by atoms with Crippen LogP contribution in [0.2, 0.25) is 5.02 Å². The molecular weight excluding hydrogens is 482 g/mol. The third-order valence-electron chi connectivity index (χ3n) is 6.03. The van der Waals surface area contributed by atoms with E-state index in [2.05, 4.69) is 15.4 Å². The van der Waals surface area contributed by atoms with Crippen molar-refractivity contribution >= 4 is 17.5 Å². The molecule has 9 nitrogen and oxygen atoms in total. The van der Waals surface area contributed by atoms with Crippen LogP contribution in [0.1, 0.15) is 28.2 Å². The van der Waals surface area contributed by atoms with Crippen LogP contribution in [0, 0.1) is 0 Å². The second-order valence-corrected chi connectivity index (χ2v) is 8.91. The van der Waals surface area contributed by atoms with Crippen molar-refractivity contribution in [2.75, 3.05) is 19.7 Å². The molecule has 5 rings (SSSR count). The molecule has 0 saturated carbocycles. The van der Waals surface area contributed by atoms with E-state index in [0.717, 1.165) is 24.3 Å². The van der Waals surface area contributed by atoms with Gasteiger partial charge in [0.2, 0.25) is 0 Å². The van der Waals surface area contributed by atoms with E-state index in [4.69, 9.17) is 22.1 Å². The SMILES string of the molecule is NC(=O)c1cc([C@H](O)CO)cc(-c2ccc(Oc3ccc(Cl)cc3-c3ccnn3C3CNC3)cc2)n1. The van der Waals surface area contributed by atoms with Gasteiger partial charge in [0.25, 0.3) is 5.91 Å². The number of nitrogens with two attached hydrogens (primary N) is 1. The molecule has 36 heavy (non-hydrogen) atoms. The van der Waals surface area contributed by atoms with Gasteiger partial charge in [-0.15, -0.1) is 0 Å². The van der Waals surface area contributed by atoms with Crippen molar-refractivity contribution in [3.8, 4) is 34.0 Å². The summed E-state index contributed by atoms with van der Waals surface area (Å²) in [5.74, 6) is 0.485. The summed E-state index contributed by atoms with van der Waals surface area (Å²) in [7, 11) is 0. The fourth-order valence-corrected chi connectivity index (χ4v) is 4.17. The van der Waals surface area contributed by atoms with Gasteiger partial charge in [-0.3, -0.25) is 9.48 Å². The smallest absolute Gasteiger partial charge is 0.267 e. The number of halogens is 1. The Hall–Kier alpha value is -3.76. The van der Waals surface area contributed by atoms with Crippen molar-refractivity contribution < 1.29 is 19.7 Å². The number of pyridine rings is 1. The first-order valence-corrected chi connectivity index (χ1v) is 11.7. The van der Waals surface area contributed by atoms with E-state index >= 15 is 0 Å². The molecule has 5 N–H and O–H groups in total. The Bertz CT molecular complexity index is 1400. The molecule has 184 valence electrons. The number of hydrogen-bond donors (Lipinski definition) is 4. The van der Waals surface area contributed by atoms with Crippen molar-refractivity contribution in [2.24, 2.45) is 5.73 Å². The third-order valence-corrected chi connectivity index (χ3v) is 6.26. The second kappa shape index (κ2) is 10.1. The van der Waals surface area contributed by atoms with Gasteiger partial charge < -0.3 is 26.0 Å². The fourth-order valence-electron chi connectivity index (χ4n) is 4.00. The second-order valence-electron chi connectivity index (χ2n) is 8.47. The van der Waals surface area contributed by atoms with Gasteiger partial charge in [0.1, 0.15) is 23.3 Å². The summed E-state index contributed by atoms with van der Waals surface area (Å²) in [5, 5.41) is 27.7. The number of nitrogens with zero attached hydrogens (tertiary/aromatic N) is 3. The lowest BCUT2D eigenvalue weighted by molar-refractivity contribution is 0.0948. The predicted octanol–water partition coefficient (Wildman–Crippen LogP) is 3.33. The first-order valence-electron chi connectivity index (χ1n) is 11.4. The van der Waals surface area contributed by atoms with Gasteiger partial charge in [0.15, 0.2) is 0 Å². The first kappa shape index (κ1) is 24.0. The molecule has 2 aromatic heterocycles. The van der Waals surface area contributed by atoms with E-state index in [1.54, 1.807) is 42.6 Å². The minimum atomic E-state index is -1.15. The Labute approximate surface area is 212 Å². The van der Waals surface area contributed by atoms with Gasteiger partial charge >= 0.3 is 0 Å². The number of nitrogens with one attached hydrogen (secondary N) is 1. The number of carbonyl (C=O) groups excluding carboxylic acids is 1. The van der Waals surface area contributed by atoms with Crippen molar-refractivity contribution in [3.63, 3.8) is 0 Å². The summed E-state index contributed by atoms with van der Waals surface area (Å²) in [6.07, 6.45) is 0.613. The highest BCUT2D eigenvalue weighted by Gasteiger charge is 2.23. The van der Waals surface area contributed by atoms with E-state index in [0.29, 0.717) is 33.3 Å². The molecule has 0 unspecified atom stereocenters. The van der Waals surface area contributed by atoms with E-state index in [1.165, 1.54) is 6.07 Å². The highest BCUT2D eigenvalue weighted by Crippen LogP contribution is 2.37. The standard InChI is InChI=1S/C26H24ClN5O4/c27-17-3-6-25(20(11-17)23-7-8-30-32(23)18-12-29-13-18)36-19-4-1-15(2-5-19)21-9-16(24(34)14-33)10-22(31-21)26(28)35/h1-11,18,24,29,33-34H,12-14H2,(H2,28,35)/t24-/m1/s1. The van der Waals surface area contributed by atoms with E-state index < -0.39 is 18.6 Å². The van der Waals surface area contributed by atoms with Crippen LogP contribution >= 0.6 is 11.6 Å². The monoisotopic (exact) mass is 505 g/mol. The summed E-state index contributed by atoms with van der Waals surface area (Å²) in [4.78, 5) is 16.0. The molecule has 1 saturated heterocycles. The highest BCUT2D eigenvalue weighted by atomic mass is 35.5. The number of rotatable bonds is 8. The predicted molar refractivity (Wildman–Crippen MR) is 135 cm³/mol. The van der Waals surface area contributed by atoms with Crippen LogP contribution in [0.15, 0.2) is 66.9 Å². The minimum absolute atomic E-state index is 0.000549. The number of hydrogen-bond acceptors (Lipinski definition) is 7. The topological polar surface area (TPSA) is 136 Å². The Morgan fingerprint density at radius 3 is 2.61 bits per heavy atom. The number of primary amides is 1. The summed E-state index contributed by atoms with van der Waals surface area (Å²) >= 11 is 6.31. The molecule has 2 aromatic carbocycles. The quantitative estimate of drug-likeness (QED) is 0.288. The average Bonchev–Trinajstić information content (AvgIpc) is 3.32. The van der Waals surface area contributed by atoms with E-state index in [-0.39, 0.29) is 11.7 Å². The largest absolute Gasteiger partial charge is 0.457 e. The molecule has 1 aliphatic heterocycles. The maximum absolute atomic E-state index is 11.7. The summed E-state index contributed by atoms with van der Waals surface area (Å²) in [5.41, 5.74) is 8.61. The van der Waals surface area contributed by atoms with Gasteiger partial charge in [0.05, 0.1) is 24.0 Å². The maximum Gasteiger partial charge on any atom is 0.267 e. The number of aliphatic hydroxyl groups excluding tert-OH is 2. The summed E-state index contributed by atoms with van der Waals surface area (Å²) in [6.45, 7) is 1.22. The molecule has 10 heteroatoms. The van der Waals surface area contributed by atoms with Crippen LogP contribution in [-0.2, 0) is 0 Å². The molecule has 0 aliphatic carbocycles. The molecule has 1 amide bonds. The Kier molecular flexibility index (Phi) is 6.71. The van der Waals surface area contributed by atoms with Crippen molar-refractivity contribution in [3.05, 3.63) is 83.1 Å². The Morgan fingerprint density at radius 2 is 1.94 bits per heavy atom. The Balaban J connectivity index is 1.44. The van der Waals surface area contributed by atoms with E-state index in [9.17, 15) is 15.0 Å². The van der Waals surface area contributed by atoms with E-state index in [1.807, 2.05) is 22.9 Å². The summed E-state index contributed by atoms with van der Waals surface area (Å²) < 4.78 is 8.20. The molecule has 4 aromatic rings. The molecule has 3 heterocycles. The van der Waals surface area contributed by atoms with Crippen LogP contribution in [0.4, 0.5) is 0 Å². The van der Waals surface area contributed by atoms with Crippen molar-refractivity contribution in [1.29, 1.82) is 0 Å². The highest BCUT2D eigenvalue weighted by molar-refractivity contribution is 6.31. The lowest BCUT2D eigenvalue weighted by Crippen LogP contribution is -2.44. The third kappa shape index (κ3) is 4.82. The first-order chi connectivity index (χ1) is 17.4. The number of carbonyl (C=O) groups is 1. The average molecular weight is 506 g/mol. The zero-order valence-electron chi connectivity index (χ0n) is 19.1. The molecule has 1 aliphatic rings. The van der Waals surface area contributed by atoms with Crippen LogP contribution < -0.4 is 15.8 Å². The minimum Gasteiger partial charge on any atom is -0.457 e. The van der Waals surface area contributed by atoms with Crippen molar-refractivity contribution in [1.82, 2.24) is 20.1 Å². The lowest BCUT2D eigenvalue weighted by Gasteiger charge is -2.29. The van der Waals surface area contributed by atoms with Crippen LogP contribution in [0.3, 0.4) is 0 Å². The zero-order valence-corrected chi connectivity index (χ0v) is 19.9. The van der Waals surface area contributed by atoms with Crippen LogP contribution in [-0.4, -0.2) is 50.6 Å². The number of ether oxygens (including phenoxy) is 1. The van der Waals surface area contributed by atoms with Gasteiger partial charge in [0, 0.05) is 35.4 Å². The van der Waals surface area contributed by atoms with Crippen LogP contribution in [0.5, 0.6) is 11.5 Å². The number of aromatic nitrogens is 3. The fraction of sp³-hybridized carbons (Fsp3) is 0.192. The molecule has 1 atom stereocenters. The molecule has 0 bridgehead atoms. The van der Waals surface area contributed by atoms with Gasteiger partial charge in [-0.25, -0.2) is 4.98 Å². The number of aliphatic hydroxyl groups is 2. The van der Waals surface area contributed by atoms with Crippen LogP contribution in [0.25, 0.3) is 22.5 Å². The zero-order chi connectivity index (χ0) is 25.2. The van der Waals surface area contributed by atoms with Crippen molar-refractivity contribution in [2.45, 2.75) is 12.1 Å². The summed E-state index contributed by atoms with van der Waals surface area (Å²) in [6, 6.07) is 17.8. The Morgan fingerprint density at radius 1 is 1.17 bits per heavy atom. The molecular formula is C26H24ClN5O4.